The van der Waals surface area contributed by atoms with E-state index < -0.39 is 0 Å². The van der Waals surface area contributed by atoms with Crippen LogP contribution in [0.2, 0.25) is 0 Å². The molecule has 1 aromatic carbocycles. The molecular weight excluding hydrogens is 329 g/mol. The Bertz CT molecular complexity index is 878. The molecule has 0 aliphatic carbocycles. The van der Waals surface area contributed by atoms with E-state index in [2.05, 4.69) is 20.6 Å². The molecule has 0 amide bonds. The standard InChI is InChI=1S/C20H20FN5/c21-15-4-3-5-16(12-15)24-19-13-18(14-7-10-22-11-8-14)25-20(26-19)17-6-1-2-9-23-17/h3-5,7-8,10-13,17,23H,1-2,6,9H2,(H,24,25,26)/t17-/m1/s1. The minimum absolute atomic E-state index is 0.138. The second kappa shape index (κ2) is 7.58. The van der Waals surface area contributed by atoms with Crippen molar-refractivity contribution in [3.63, 3.8) is 0 Å². The van der Waals surface area contributed by atoms with Gasteiger partial charge < -0.3 is 10.6 Å². The van der Waals surface area contributed by atoms with Crippen LogP contribution in [0.3, 0.4) is 0 Å². The van der Waals surface area contributed by atoms with Crippen molar-refractivity contribution in [2.24, 2.45) is 0 Å². The summed E-state index contributed by atoms with van der Waals surface area (Å²) >= 11 is 0. The predicted octanol–water partition coefficient (Wildman–Crippen LogP) is 4.24. The molecule has 0 saturated carbocycles. The Labute approximate surface area is 151 Å². The maximum Gasteiger partial charge on any atom is 0.148 e. The van der Waals surface area contributed by atoms with Gasteiger partial charge in [-0.25, -0.2) is 14.4 Å². The molecule has 1 saturated heterocycles. The molecule has 2 N–H and O–H groups in total. The summed E-state index contributed by atoms with van der Waals surface area (Å²) in [6.07, 6.45) is 6.84. The van der Waals surface area contributed by atoms with E-state index in [0.717, 1.165) is 36.5 Å². The van der Waals surface area contributed by atoms with Gasteiger partial charge in [-0.05, 0) is 49.7 Å². The summed E-state index contributed by atoms with van der Waals surface area (Å²) < 4.78 is 13.5. The Kier molecular flexibility index (Phi) is 4.84. The predicted molar refractivity (Wildman–Crippen MR) is 99.5 cm³/mol. The van der Waals surface area contributed by atoms with Crippen molar-refractivity contribution in [2.45, 2.75) is 25.3 Å². The number of halogens is 1. The topological polar surface area (TPSA) is 62.7 Å². The highest BCUT2D eigenvalue weighted by atomic mass is 19.1. The Hall–Kier alpha value is -2.86. The smallest absolute Gasteiger partial charge is 0.148 e. The molecular formula is C20H20FN5. The Morgan fingerprint density at radius 3 is 2.69 bits per heavy atom. The summed E-state index contributed by atoms with van der Waals surface area (Å²) in [6, 6.07) is 12.2. The monoisotopic (exact) mass is 349 g/mol. The van der Waals surface area contributed by atoms with E-state index in [-0.39, 0.29) is 11.9 Å². The molecule has 6 heteroatoms. The van der Waals surface area contributed by atoms with Crippen molar-refractivity contribution in [1.29, 1.82) is 0 Å². The lowest BCUT2D eigenvalue weighted by Crippen LogP contribution is -2.28. The third-order valence-electron chi connectivity index (χ3n) is 4.44. The van der Waals surface area contributed by atoms with Crippen molar-refractivity contribution >= 4 is 11.5 Å². The van der Waals surface area contributed by atoms with Crippen molar-refractivity contribution in [1.82, 2.24) is 20.3 Å². The molecule has 2 aromatic heterocycles. The maximum absolute atomic E-state index is 13.5. The fourth-order valence-corrected chi connectivity index (χ4v) is 3.14. The molecule has 0 radical (unpaired) electrons. The van der Waals surface area contributed by atoms with E-state index in [0.29, 0.717) is 11.5 Å². The van der Waals surface area contributed by atoms with E-state index in [1.54, 1.807) is 18.5 Å². The van der Waals surface area contributed by atoms with Crippen molar-refractivity contribution < 1.29 is 4.39 Å². The number of hydrogen-bond acceptors (Lipinski definition) is 5. The molecule has 132 valence electrons. The van der Waals surface area contributed by atoms with Gasteiger partial charge in [-0.3, -0.25) is 4.98 Å². The molecule has 3 heterocycles. The second-order valence-electron chi connectivity index (χ2n) is 6.37. The Balaban J connectivity index is 1.72. The largest absolute Gasteiger partial charge is 0.340 e. The molecule has 3 aromatic rings. The van der Waals surface area contributed by atoms with Crippen LogP contribution in [0.25, 0.3) is 11.3 Å². The van der Waals surface area contributed by atoms with Crippen LogP contribution < -0.4 is 10.6 Å². The number of anilines is 2. The molecule has 1 aliphatic rings. The quantitative estimate of drug-likeness (QED) is 0.738. The molecule has 26 heavy (non-hydrogen) atoms. The summed E-state index contributed by atoms with van der Waals surface area (Å²) in [5, 5.41) is 6.69. The van der Waals surface area contributed by atoms with Crippen LogP contribution in [-0.2, 0) is 0 Å². The third kappa shape index (κ3) is 3.86. The highest BCUT2D eigenvalue weighted by Crippen LogP contribution is 2.27. The molecule has 0 bridgehead atoms. The first-order chi connectivity index (χ1) is 12.8. The lowest BCUT2D eigenvalue weighted by Gasteiger charge is -2.23. The van der Waals surface area contributed by atoms with Crippen LogP contribution in [0.5, 0.6) is 0 Å². The number of piperidine rings is 1. The van der Waals surface area contributed by atoms with E-state index in [4.69, 9.17) is 4.98 Å². The fraction of sp³-hybridized carbons (Fsp3) is 0.250. The zero-order valence-electron chi connectivity index (χ0n) is 14.3. The van der Waals surface area contributed by atoms with Crippen LogP contribution in [-0.4, -0.2) is 21.5 Å². The minimum Gasteiger partial charge on any atom is -0.340 e. The molecule has 4 rings (SSSR count). The summed E-state index contributed by atoms with van der Waals surface area (Å²) in [5.74, 6) is 1.13. The van der Waals surface area contributed by atoms with Crippen molar-refractivity contribution in [3.05, 3.63) is 66.5 Å². The van der Waals surface area contributed by atoms with Gasteiger partial charge in [0.2, 0.25) is 0 Å². The first-order valence-electron chi connectivity index (χ1n) is 8.83. The molecule has 5 nitrogen and oxygen atoms in total. The number of aromatic nitrogens is 3. The zero-order valence-corrected chi connectivity index (χ0v) is 14.3. The van der Waals surface area contributed by atoms with Gasteiger partial charge in [0.25, 0.3) is 0 Å². The van der Waals surface area contributed by atoms with Gasteiger partial charge in [-0.15, -0.1) is 0 Å². The normalized spacial score (nSPS) is 17.0. The molecule has 1 aliphatic heterocycles. The summed E-state index contributed by atoms with van der Waals surface area (Å²) in [4.78, 5) is 13.5. The van der Waals surface area contributed by atoms with Crippen molar-refractivity contribution in [2.75, 3.05) is 11.9 Å². The molecule has 1 fully saturated rings. The van der Waals surface area contributed by atoms with E-state index in [1.807, 2.05) is 24.3 Å². The van der Waals surface area contributed by atoms with E-state index in [9.17, 15) is 4.39 Å². The highest BCUT2D eigenvalue weighted by Gasteiger charge is 2.19. The summed E-state index contributed by atoms with van der Waals surface area (Å²) in [7, 11) is 0. The SMILES string of the molecule is Fc1cccc(Nc2cc(-c3ccncc3)nc([C@H]3CCCCN3)n2)c1. The Morgan fingerprint density at radius 1 is 1.04 bits per heavy atom. The maximum atomic E-state index is 13.5. The van der Waals surface area contributed by atoms with Gasteiger partial charge in [0.05, 0.1) is 11.7 Å². The van der Waals surface area contributed by atoms with Crippen molar-refractivity contribution in [3.8, 4) is 11.3 Å². The number of nitrogens with one attached hydrogen (secondary N) is 2. The van der Waals surface area contributed by atoms with Crippen LogP contribution in [0.4, 0.5) is 15.9 Å². The molecule has 1 atom stereocenters. The first kappa shape index (κ1) is 16.6. The van der Waals surface area contributed by atoms with Crippen LogP contribution >= 0.6 is 0 Å². The van der Waals surface area contributed by atoms with Gasteiger partial charge in [0.1, 0.15) is 17.5 Å². The van der Waals surface area contributed by atoms with Gasteiger partial charge in [-0.1, -0.05) is 12.5 Å². The second-order valence-corrected chi connectivity index (χ2v) is 6.37. The highest BCUT2D eigenvalue weighted by molar-refractivity contribution is 5.65. The average molecular weight is 349 g/mol. The van der Waals surface area contributed by atoms with E-state index in [1.165, 1.54) is 18.6 Å². The number of pyridine rings is 1. The minimum atomic E-state index is -0.285. The van der Waals surface area contributed by atoms with Gasteiger partial charge in [-0.2, -0.15) is 0 Å². The van der Waals surface area contributed by atoms with Gasteiger partial charge in [0, 0.05) is 29.7 Å². The van der Waals surface area contributed by atoms with Gasteiger partial charge >= 0.3 is 0 Å². The lowest BCUT2D eigenvalue weighted by molar-refractivity contribution is 0.398. The summed E-state index contributed by atoms with van der Waals surface area (Å²) in [6.45, 7) is 0.972. The number of benzene rings is 1. The van der Waals surface area contributed by atoms with Crippen LogP contribution in [0.1, 0.15) is 31.1 Å². The number of hydrogen-bond donors (Lipinski definition) is 2. The summed E-state index contributed by atoms with van der Waals surface area (Å²) in [5.41, 5.74) is 2.46. The number of nitrogens with zero attached hydrogens (tertiary/aromatic N) is 3. The van der Waals surface area contributed by atoms with Gasteiger partial charge in [0.15, 0.2) is 0 Å². The number of rotatable bonds is 4. The molecule has 0 unspecified atom stereocenters. The zero-order chi connectivity index (χ0) is 17.8. The lowest BCUT2D eigenvalue weighted by atomic mass is 10.0. The van der Waals surface area contributed by atoms with Crippen LogP contribution in [0.15, 0.2) is 54.9 Å². The Morgan fingerprint density at radius 2 is 1.92 bits per heavy atom. The first-order valence-corrected chi connectivity index (χ1v) is 8.83. The van der Waals surface area contributed by atoms with E-state index >= 15 is 0 Å². The average Bonchev–Trinajstić information content (AvgIpc) is 2.69. The van der Waals surface area contributed by atoms with Crippen LogP contribution in [0, 0.1) is 5.82 Å². The fourth-order valence-electron chi connectivity index (χ4n) is 3.14. The molecule has 0 spiro atoms. The third-order valence-corrected chi connectivity index (χ3v) is 4.44.